The van der Waals surface area contributed by atoms with Crippen molar-refractivity contribution < 1.29 is 33.8 Å². The molecule has 0 saturated carbocycles. The van der Waals surface area contributed by atoms with Gasteiger partial charge in [0.1, 0.15) is 24.3 Å². The number of amides is 3. The number of esters is 1. The number of carbonyl (C=O) groups is 4. The van der Waals surface area contributed by atoms with Crippen LogP contribution in [0.25, 0.3) is 0 Å². The highest BCUT2D eigenvalue weighted by Gasteiger charge is 2.29. The number of benzene rings is 1. The van der Waals surface area contributed by atoms with E-state index in [1.54, 1.807) is 51.1 Å². The molecule has 0 aromatic heterocycles. The average Bonchev–Trinajstić information content (AvgIpc) is 2.68. The van der Waals surface area contributed by atoms with E-state index in [0.29, 0.717) is 0 Å². The molecule has 0 unspecified atom stereocenters. The molecule has 30 heavy (non-hydrogen) atoms. The predicted molar refractivity (Wildman–Crippen MR) is 105 cm³/mol. The van der Waals surface area contributed by atoms with E-state index in [2.05, 4.69) is 10.6 Å². The van der Waals surface area contributed by atoms with Crippen LogP contribution >= 0.6 is 0 Å². The molecule has 11 heteroatoms. The summed E-state index contributed by atoms with van der Waals surface area (Å²) in [4.78, 5) is 48.2. The third-order valence-electron chi connectivity index (χ3n) is 3.57. The van der Waals surface area contributed by atoms with Crippen LogP contribution in [0.15, 0.2) is 30.3 Å². The quantitative estimate of drug-likeness (QED) is 0.153. The Hall–Kier alpha value is -3.18. The molecule has 0 spiro atoms. The zero-order valence-corrected chi connectivity index (χ0v) is 17.1. The van der Waals surface area contributed by atoms with Gasteiger partial charge in [0, 0.05) is 0 Å². The molecule has 11 nitrogen and oxygen atoms in total. The van der Waals surface area contributed by atoms with Gasteiger partial charge in [0.25, 0.3) is 5.91 Å². The number of aliphatic hydroxyl groups excluding tert-OH is 1. The van der Waals surface area contributed by atoms with Gasteiger partial charge < -0.3 is 25.2 Å². The zero-order chi connectivity index (χ0) is 22.7. The number of nitrogens with two attached hydrogens (primary N) is 1. The Morgan fingerprint density at radius 2 is 1.67 bits per heavy atom. The van der Waals surface area contributed by atoms with Crippen molar-refractivity contribution in [2.45, 2.75) is 51.5 Å². The van der Waals surface area contributed by atoms with E-state index in [9.17, 15) is 24.3 Å². The summed E-state index contributed by atoms with van der Waals surface area (Å²) in [6.45, 7) is 4.13. The summed E-state index contributed by atoms with van der Waals surface area (Å²) in [5.74, 6) is 2.59. The van der Waals surface area contributed by atoms with Crippen LogP contribution in [-0.2, 0) is 30.5 Å². The van der Waals surface area contributed by atoms with Crippen LogP contribution in [0.4, 0.5) is 4.79 Å². The van der Waals surface area contributed by atoms with Gasteiger partial charge in [-0.3, -0.25) is 19.8 Å². The minimum atomic E-state index is -1.42. The fraction of sp³-hybridized carbons (Fsp3) is 0.474. The van der Waals surface area contributed by atoms with Gasteiger partial charge in [0.15, 0.2) is 0 Å². The molecule has 2 atom stereocenters. The third kappa shape index (κ3) is 9.34. The second kappa shape index (κ2) is 11.7. The number of aliphatic hydroxyl groups is 1. The van der Waals surface area contributed by atoms with Crippen molar-refractivity contribution in [3.63, 3.8) is 0 Å². The molecule has 0 radical (unpaired) electrons. The first-order valence-electron chi connectivity index (χ1n) is 9.16. The normalized spacial score (nSPS) is 12.8. The SMILES string of the molecule is CC(C)(C)OC(=O)C[C@H](NC(=O)[C@H](CO)NC(=O)OCc1ccccc1)C(=O)NN. The lowest BCUT2D eigenvalue weighted by Gasteiger charge is -2.23. The van der Waals surface area contributed by atoms with E-state index in [-0.39, 0.29) is 6.61 Å². The number of alkyl carbamates (subject to hydrolysis) is 1. The standard InChI is InChI=1S/C19H28N4O7/c1-19(2,3)30-15(25)9-13(17(27)23-20)21-16(26)14(10-24)22-18(28)29-11-12-7-5-4-6-8-12/h4-8,13-14,24H,9-11,20H2,1-3H3,(H,21,26)(H,22,28)(H,23,27)/t13-,14-/m0/s1. The van der Waals surface area contributed by atoms with Crippen molar-refractivity contribution in [2.75, 3.05) is 6.61 Å². The van der Waals surface area contributed by atoms with Crippen LogP contribution in [0, 0.1) is 0 Å². The number of hydrazine groups is 1. The number of carbonyl (C=O) groups excluding carboxylic acids is 4. The summed E-state index contributed by atoms with van der Waals surface area (Å²) in [6, 6.07) is 6.06. The number of ether oxygens (including phenoxy) is 2. The van der Waals surface area contributed by atoms with E-state index in [4.69, 9.17) is 15.3 Å². The first-order valence-corrected chi connectivity index (χ1v) is 9.16. The highest BCUT2D eigenvalue weighted by Crippen LogP contribution is 2.09. The minimum absolute atomic E-state index is 0.0384. The lowest BCUT2D eigenvalue weighted by Crippen LogP contribution is -2.56. The smallest absolute Gasteiger partial charge is 0.408 e. The molecule has 1 rings (SSSR count). The van der Waals surface area contributed by atoms with E-state index >= 15 is 0 Å². The fourth-order valence-electron chi connectivity index (χ4n) is 2.23. The molecular weight excluding hydrogens is 396 g/mol. The number of nitrogens with one attached hydrogen (secondary N) is 3. The molecule has 0 bridgehead atoms. The Labute approximate surface area is 174 Å². The Morgan fingerprint density at radius 3 is 2.20 bits per heavy atom. The molecule has 3 amide bonds. The van der Waals surface area contributed by atoms with Gasteiger partial charge in [0.2, 0.25) is 5.91 Å². The van der Waals surface area contributed by atoms with Crippen LogP contribution in [0.5, 0.6) is 0 Å². The maximum Gasteiger partial charge on any atom is 0.408 e. The first kappa shape index (κ1) is 24.9. The van der Waals surface area contributed by atoms with Crippen molar-refractivity contribution in [1.29, 1.82) is 0 Å². The second-order valence-electron chi connectivity index (χ2n) is 7.30. The van der Waals surface area contributed by atoms with E-state index in [1.807, 2.05) is 5.43 Å². The highest BCUT2D eigenvalue weighted by molar-refractivity contribution is 5.93. The lowest BCUT2D eigenvalue weighted by molar-refractivity contribution is -0.156. The minimum Gasteiger partial charge on any atom is -0.460 e. The predicted octanol–water partition coefficient (Wildman–Crippen LogP) is -0.520. The molecule has 0 aliphatic heterocycles. The molecule has 166 valence electrons. The number of hydrogen-bond acceptors (Lipinski definition) is 8. The largest absolute Gasteiger partial charge is 0.460 e. The Kier molecular flexibility index (Phi) is 9.72. The molecule has 0 saturated heterocycles. The van der Waals surface area contributed by atoms with Gasteiger partial charge in [-0.05, 0) is 26.3 Å². The number of rotatable bonds is 9. The van der Waals surface area contributed by atoms with E-state index in [0.717, 1.165) is 5.56 Å². The second-order valence-corrected chi connectivity index (χ2v) is 7.30. The molecule has 0 aliphatic rings. The van der Waals surface area contributed by atoms with Gasteiger partial charge in [-0.25, -0.2) is 10.6 Å². The van der Waals surface area contributed by atoms with Crippen LogP contribution in [-0.4, -0.2) is 53.3 Å². The summed E-state index contributed by atoms with van der Waals surface area (Å²) >= 11 is 0. The van der Waals surface area contributed by atoms with Gasteiger partial charge in [-0.1, -0.05) is 30.3 Å². The van der Waals surface area contributed by atoms with E-state index in [1.165, 1.54) is 0 Å². The molecule has 1 aromatic rings. The Balaban J connectivity index is 2.66. The van der Waals surface area contributed by atoms with Crippen molar-refractivity contribution >= 4 is 23.9 Å². The summed E-state index contributed by atoms with van der Waals surface area (Å²) < 4.78 is 10.1. The third-order valence-corrected chi connectivity index (χ3v) is 3.57. The maximum absolute atomic E-state index is 12.4. The van der Waals surface area contributed by atoms with Gasteiger partial charge in [-0.15, -0.1) is 0 Å². The van der Waals surface area contributed by atoms with Gasteiger partial charge in [0.05, 0.1) is 13.0 Å². The van der Waals surface area contributed by atoms with E-state index < -0.39 is 54.6 Å². The Bertz CT molecular complexity index is 734. The highest BCUT2D eigenvalue weighted by atomic mass is 16.6. The van der Waals surface area contributed by atoms with Crippen molar-refractivity contribution in [3.05, 3.63) is 35.9 Å². The zero-order valence-electron chi connectivity index (χ0n) is 17.1. The van der Waals surface area contributed by atoms with Crippen LogP contribution in [0.2, 0.25) is 0 Å². The first-order chi connectivity index (χ1) is 14.1. The van der Waals surface area contributed by atoms with Crippen LogP contribution in [0.3, 0.4) is 0 Å². The summed E-state index contributed by atoms with van der Waals surface area (Å²) in [5.41, 5.74) is 1.78. The van der Waals surface area contributed by atoms with Crippen molar-refractivity contribution in [2.24, 2.45) is 5.84 Å². The lowest BCUT2D eigenvalue weighted by atomic mass is 10.1. The molecule has 0 aliphatic carbocycles. The molecule has 0 heterocycles. The average molecular weight is 424 g/mol. The molecule has 0 fully saturated rings. The van der Waals surface area contributed by atoms with Gasteiger partial charge >= 0.3 is 12.1 Å². The summed E-state index contributed by atoms with van der Waals surface area (Å²) in [5, 5.41) is 13.9. The molecule has 1 aromatic carbocycles. The van der Waals surface area contributed by atoms with Gasteiger partial charge in [-0.2, -0.15) is 0 Å². The molecular formula is C19H28N4O7. The topological polar surface area (TPSA) is 169 Å². The maximum atomic E-state index is 12.4. The van der Waals surface area contributed by atoms with Crippen molar-refractivity contribution in [1.82, 2.24) is 16.1 Å². The number of hydrogen-bond donors (Lipinski definition) is 5. The monoisotopic (exact) mass is 424 g/mol. The van der Waals surface area contributed by atoms with Crippen LogP contribution < -0.4 is 21.9 Å². The van der Waals surface area contributed by atoms with Crippen LogP contribution in [0.1, 0.15) is 32.8 Å². The fourth-order valence-corrected chi connectivity index (χ4v) is 2.23. The summed E-state index contributed by atoms with van der Waals surface area (Å²) in [7, 11) is 0. The molecule has 6 N–H and O–H groups in total. The summed E-state index contributed by atoms with van der Waals surface area (Å²) in [6.07, 6.45) is -1.44. The van der Waals surface area contributed by atoms with Crippen molar-refractivity contribution in [3.8, 4) is 0 Å². The Morgan fingerprint density at radius 1 is 1.03 bits per heavy atom.